The van der Waals surface area contributed by atoms with Crippen LogP contribution in [0, 0.1) is 19.8 Å². The predicted octanol–water partition coefficient (Wildman–Crippen LogP) is 4.08. The summed E-state index contributed by atoms with van der Waals surface area (Å²) in [6.45, 7) is 3.95. The first-order valence-electron chi connectivity index (χ1n) is 13.1. The highest BCUT2D eigenvalue weighted by Gasteiger charge is 2.58. The molecule has 0 spiro atoms. The molecule has 1 amide bonds. The number of imidazole rings is 1. The molecule has 38 heavy (non-hydrogen) atoms. The number of hydrogen-bond acceptors (Lipinski definition) is 7. The number of rotatable bonds is 6. The average Bonchev–Trinajstić information content (AvgIpc) is 3.61. The monoisotopic (exact) mass is 519 g/mol. The number of aryl methyl sites for hydroxylation is 3. The van der Waals surface area contributed by atoms with E-state index >= 15 is 4.39 Å². The molecular weight excluding hydrogens is 489 g/mol. The van der Waals surface area contributed by atoms with Crippen LogP contribution in [0.1, 0.15) is 55.0 Å². The van der Waals surface area contributed by atoms with Crippen molar-refractivity contribution in [2.45, 2.75) is 69.7 Å². The molecule has 4 aliphatic carbocycles. The van der Waals surface area contributed by atoms with Crippen LogP contribution in [0.15, 0.2) is 24.7 Å². The smallest absolute Gasteiger partial charge is 0.407 e. The number of carbonyl (C=O) groups is 1. The molecule has 4 aromatic rings. The van der Waals surface area contributed by atoms with Crippen molar-refractivity contribution in [1.82, 2.24) is 39.7 Å². The van der Waals surface area contributed by atoms with Crippen molar-refractivity contribution in [1.29, 1.82) is 0 Å². The first-order chi connectivity index (χ1) is 18.3. The van der Waals surface area contributed by atoms with E-state index in [2.05, 4.69) is 30.9 Å². The molecule has 4 aromatic heterocycles. The van der Waals surface area contributed by atoms with Gasteiger partial charge >= 0.3 is 6.09 Å². The number of halogens is 1. The van der Waals surface area contributed by atoms with Crippen LogP contribution in [-0.2, 0) is 11.8 Å². The molecule has 4 saturated carbocycles. The maximum atomic E-state index is 15.3. The molecule has 0 aliphatic heterocycles. The standard InChI is InChI=1S/C26H30FN9O2/c1-13-12-29-35(3)22(13)20-14(2)30-24(36-7-6-28-23(20)36)31-19-8-17(33-34-19)16-4-5-18(21(16)27)38-25(37)32-26-9-15(10-26)11-26/h6-8,12,15-16,18,21H,4-5,9-11H2,1-3H3,(H,32,37)(H2,30,31,33,34)/t15?,16-,18-,21+,26?/m1/s1. The van der Waals surface area contributed by atoms with Crippen molar-refractivity contribution in [2.24, 2.45) is 13.0 Å². The highest BCUT2D eigenvalue weighted by molar-refractivity contribution is 5.80. The minimum absolute atomic E-state index is 0.0860. The largest absolute Gasteiger partial charge is 0.443 e. The van der Waals surface area contributed by atoms with Crippen molar-refractivity contribution in [3.8, 4) is 11.3 Å². The number of hydrogen-bond donors (Lipinski definition) is 3. The van der Waals surface area contributed by atoms with Crippen LogP contribution < -0.4 is 10.6 Å². The van der Waals surface area contributed by atoms with E-state index in [1.165, 1.54) is 0 Å². The van der Waals surface area contributed by atoms with E-state index in [0.717, 1.165) is 53.3 Å². The van der Waals surface area contributed by atoms with Crippen LogP contribution in [0.2, 0.25) is 0 Å². The number of fused-ring (bicyclic) bond motifs is 1. The molecule has 4 heterocycles. The van der Waals surface area contributed by atoms with Gasteiger partial charge in [0, 0.05) is 42.7 Å². The number of alkyl halides is 1. The Morgan fingerprint density at radius 3 is 2.79 bits per heavy atom. The van der Waals surface area contributed by atoms with Gasteiger partial charge in [0.05, 0.1) is 23.1 Å². The molecule has 198 valence electrons. The second-order valence-corrected chi connectivity index (χ2v) is 11.1. The normalized spacial score (nSPS) is 27.7. The van der Waals surface area contributed by atoms with Crippen molar-refractivity contribution >= 4 is 23.5 Å². The zero-order valence-electron chi connectivity index (χ0n) is 21.5. The number of carbonyl (C=O) groups excluding carboxylic acids is 1. The van der Waals surface area contributed by atoms with Gasteiger partial charge in [0.25, 0.3) is 0 Å². The minimum Gasteiger partial charge on any atom is -0.443 e. The molecule has 3 atom stereocenters. The Hall–Kier alpha value is -3.96. The van der Waals surface area contributed by atoms with Crippen molar-refractivity contribution < 1.29 is 13.9 Å². The second-order valence-electron chi connectivity index (χ2n) is 11.1. The number of anilines is 2. The molecule has 0 radical (unpaired) electrons. The zero-order chi connectivity index (χ0) is 26.2. The molecule has 0 unspecified atom stereocenters. The molecule has 12 heteroatoms. The fraction of sp³-hybridized carbons (Fsp3) is 0.500. The number of alkyl carbamates (subject to hydrolysis) is 1. The molecule has 11 nitrogen and oxygen atoms in total. The number of ether oxygens (including phenoxy) is 1. The first kappa shape index (κ1) is 23.2. The number of amides is 1. The van der Waals surface area contributed by atoms with Gasteiger partial charge in [0.1, 0.15) is 12.3 Å². The van der Waals surface area contributed by atoms with E-state index in [4.69, 9.17) is 9.72 Å². The fourth-order valence-corrected chi connectivity index (χ4v) is 6.45. The number of nitrogens with zero attached hydrogens (tertiary/aromatic N) is 6. The predicted molar refractivity (Wildman–Crippen MR) is 137 cm³/mol. The SMILES string of the molecule is Cc1cnn(C)c1-c1c(C)nc(Nc2cc([C@H]3CC[C@@H](OC(=O)NC45CC(C4)C5)[C@H]3F)[nH]n2)n2ccnc12. The summed E-state index contributed by atoms with van der Waals surface area (Å²) in [7, 11) is 1.90. The van der Waals surface area contributed by atoms with Crippen LogP contribution in [0.5, 0.6) is 0 Å². The molecule has 3 N–H and O–H groups in total. The van der Waals surface area contributed by atoms with Gasteiger partial charge in [-0.15, -0.1) is 0 Å². The van der Waals surface area contributed by atoms with Gasteiger partial charge in [-0.05, 0) is 57.4 Å². The van der Waals surface area contributed by atoms with Crippen molar-refractivity contribution in [3.63, 3.8) is 0 Å². The Balaban J connectivity index is 1.07. The molecule has 4 aliphatic rings. The summed E-state index contributed by atoms with van der Waals surface area (Å²) in [6, 6.07) is 1.79. The summed E-state index contributed by atoms with van der Waals surface area (Å²) in [5.41, 5.74) is 5.03. The van der Waals surface area contributed by atoms with Gasteiger partial charge in [0.2, 0.25) is 5.95 Å². The molecule has 0 aromatic carbocycles. The third-order valence-corrected chi connectivity index (χ3v) is 8.49. The van der Waals surface area contributed by atoms with E-state index in [0.29, 0.717) is 30.3 Å². The summed E-state index contributed by atoms with van der Waals surface area (Å²) in [6.07, 6.45) is 6.92. The molecular formula is C26H30FN9O2. The Morgan fingerprint density at radius 1 is 1.26 bits per heavy atom. The van der Waals surface area contributed by atoms with Crippen LogP contribution in [0.3, 0.4) is 0 Å². The van der Waals surface area contributed by atoms with Gasteiger partial charge in [-0.3, -0.25) is 14.2 Å². The average molecular weight is 520 g/mol. The number of aromatic amines is 1. The Morgan fingerprint density at radius 2 is 2.08 bits per heavy atom. The quantitative estimate of drug-likeness (QED) is 0.350. The maximum Gasteiger partial charge on any atom is 0.407 e. The molecule has 4 fully saturated rings. The summed E-state index contributed by atoms with van der Waals surface area (Å²) in [5, 5.41) is 17.9. The topological polar surface area (TPSA) is 127 Å². The lowest BCUT2D eigenvalue weighted by molar-refractivity contribution is -0.0532. The van der Waals surface area contributed by atoms with Gasteiger partial charge in [-0.1, -0.05) is 0 Å². The van der Waals surface area contributed by atoms with Gasteiger partial charge in [-0.2, -0.15) is 10.2 Å². The number of aromatic nitrogens is 7. The van der Waals surface area contributed by atoms with Crippen LogP contribution in [0.25, 0.3) is 16.9 Å². The van der Waals surface area contributed by atoms with E-state index < -0.39 is 24.3 Å². The highest BCUT2D eigenvalue weighted by Crippen LogP contribution is 2.57. The first-order valence-corrected chi connectivity index (χ1v) is 13.1. The van der Waals surface area contributed by atoms with Crippen molar-refractivity contribution in [3.05, 3.63) is 41.6 Å². The van der Waals surface area contributed by atoms with E-state index in [-0.39, 0.29) is 5.54 Å². The third-order valence-electron chi connectivity index (χ3n) is 8.49. The minimum atomic E-state index is -1.30. The summed E-state index contributed by atoms with van der Waals surface area (Å²) in [5.74, 6) is 1.38. The fourth-order valence-electron chi connectivity index (χ4n) is 6.45. The third kappa shape index (κ3) is 3.57. The molecule has 2 bridgehead atoms. The number of H-pyrrole nitrogens is 1. The zero-order valence-corrected chi connectivity index (χ0v) is 21.5. The van der Waals surface area contributed by atoms with Crippen LogP contribution in [0.4, 0.5) is 21.0 Å². The Bertz CT molecular complexity index is 1520. The van der Waals surface area contributed by atoms with E-state index in [1.807, 2.05) is 42.4 Å². The van der Waals surface area contributed by atoms with E-state index in [9.17, 15) is 4.79 Å². The number of nitrogens with one attached hydrogen (secondary N) is 3. The lowest BCUT2D eigenvalue weighted by Crippen LogP contribution is -2.68. The van der Waals surface area contributed by atoms with Crippen molar-refractivity contribution in [2.75, 3.05) is 5.32 Å². The lowest BCUT2D eigenvalue weighted by Gasteiger charge is -2.61. The van der Waals surface area contributed by atoms with E-state index in [1.54, 1.807) is 12.3 Å². The summed E-state index contributed by atoms with van der Waals surface area (Å²) < 4.78 is 24.5. The lowest BCUT2D eigenvalue weighted by atomic mass is 9.50. The van der Waals surface area contributed by atoms with Gasteiger partial charge in [0.15, 0.2) is 11.5 Å². The highest BCUT2D eigenvalue weighted by atomic mass is 19.1. The van der Waals surface area contributed by atoms with Crippen LogP contribution >= 0.6 is 0 Å². The van der Waals surface area contributed by atoms with Gasteiger partial charge in [-0.25, -0.2) is 19.2 Å². The summed E-state index contributed by atoms with van der Waals surface area (Å²) >= 11 is 0. The Labute approximate surface area is 218 Å². The van der Waals surface area contributed by atoms with Gasteiger partial charge < -0.3 is 15.4 Å². The Kier molecular flexibility index (Phi) is 5.04. The molecule has 8 rings (SSSR count). The maximum absolute atomic E-state index is 15.3. The second kappa shape index (κ2) is 8.27. The molecule has 0 saturated heterocycles. The summed E-state index contributed by atoms with van der Waals surface area (Å²) in [4.78, 5) is 21.7. The van der Waals surface area contributed by atoms with Crippen LogP contribution in [-0.4, -0.2) is 58.3 Å².